The van der Waals surface area contributed by atoms with E-state index in [4.69, 9.17) is 0 Å². The Hall–Kier alpha value is -5.30. The molecule has 0 bridgehead atoms. The van der Waals surface area contributed by atoms with E-state index in [1.54, 1.807) is 17.1 Å². The van der Waals surface area contributed by atoms with Crippen molar-refractivity contribution in [1.29, 1.82) is 0 Å². The van der Waals surface area contributed by atoms with E-state index in [0.29, 0.717) is 11.3 Å². The quantitative estimate of drug-likeness (QED) is 0.216. The molecule has 6 aromatic rings. The van der Waals surface area contributed by atoms with Crippen molar-refractivity contribution in [3.63, 3.8) is 0 Å². The maximum Gasteiger partial charge on any atom is 0.435 e. The molecule has 0 radical (unpaired) electrons. The summed E-state index contributed by atoms with van der Waals surface area (Å²) < 4.78 is 44.2. The Morgan fingerprint density at radius 2 is 1.17 bits per heavy atom. The van der Waals surface area contributed by atoms with Crippen LogP contribution in [0.3, 0.4) is 0 Å². The number of nitrogens with zero attached hydrogens (tertiary/aromatic N) is 4. The molecule has 1 spiro atoms. The fraction of sp³-hybridized carbons (Fsp3) is 0.0571. The van der Waals surface area contributed by atoms with Gasteiger partial charge in [-0.05, 0) is 70.3 Å². The summed E-state index contributed by atoms with van der Waals surface area (Å²) in [6.45, 7) is 0. The lowest BCUT2D eigenvalue weighted by Crippen LogP contribution is -2.37. The summed E-state index contributed by atoms with van der Waals surface area (Å²) in [4.78, 5) is 9.12. The third-order valence-electron chi connectivity index (χ3n) is 8.16. The molecular formula is C35H21F3N4. The fourth-order valence-corrected chi connectivity index (χ4v) is 6.36. The molecule has 0 amide bonds. The molecule has 4 heterocycles. The van der Waals surface area contributed by atoms with Crippen molar-refractivity contribution < 1.29 is 13.2 Å². The Labute approximate surface area is 239 Å². The predicted octanol–water partition coefficient (Wildman–Crippen LogP) is 8.33. The molecule has 0 unspecified atom stereocenters. The van der Waals surface area contributed by atoms with Crippen LogP contribution in [-0.4, -0.2) is 19.7 Å². The maximum absolute atomic E-state index is 14.2. The molecule has 0 atom stereocenters. The average Bonchev–Trinajstić information content (AvgIpc) is 3.54. The van der Waals surface area contributed by atoms with Gasteiger partial charge in [-0.15, -0.1) is 0 Å². The molecule has 3 aromatic carbocycles. The largest absolute Gasteiger partial charge is 0.435 e. The Morgan fingerprint density at radius 3 is 1.71 bits per heavy atom. The first-order valence-corrected chi connectivity index (χ1v) is 13.5. The predicted molar refractivity (Wildman–Crippen MR) is 156 cm³/mol. The number of rotatable bonds is 2. The van der Waals surface area contributed by atoms with Crippen LogP contribution >= 0.6 is 0 Å². The van der Waals surface area contributed by atoms with Gasteiger partial charge in [0.2, 0.25) is 0 Å². The number of benzene rings is 3. The number of pyridine rings is 2. The van der Waals surface area contributed by atoms with Gasteiger partial charge in [0.25, 0.3) is 0 Å². The highest BCUT2D eigenvalue weighted by atomic mass is 19.4. The van der Waals surface area contributed by atoms with Crippen LogP contribution in [0, 0.1) is 0 Å². The SMILES string of the molecule is FC(F)(F)c1cc2n(n1)C1(c3cc(-c4ccccn4)ccc3C=Cc3ccc(-c4ccccn4)cc31)c1ccccc1-2. The molecule has 7 heteroatoms. The average molecular weight is 555 g/mol. The number of alkyl halides is 3. The van der Waals surface area contributed by atoms with E-state index in [2.05, 4.69) is 15.1 Å². The highest BCUT2D eigenvalue weighted by Gasteiger charge is 2.51. The van der Waals surface area contributed by atoms with Crippen molar-refractivity contribution in [3.8, 4) is 33.8 Å². The van der Waals surface area contributed by atoms with Gasteiger partial charge in [0, 0.05) is 29.1 Å². The smallest absolute Gasteiger partial charge is 0.256 e. The second-order valence-corrected chi connectivity index (χ2v) is 10.4. The summed E-state index contributed by atoms with van der Waals surface area (Å²) in [6.07, 6.45) is 2.92. The molecule has 8 rings (SSSR count). The lowest BCUT2D eigenvalue weighted by molar-refractivity contribution is -0.141. The first-order chi connectivity index (χ1) is 20.4. The maximum atomic E-state index is 14.2. The normalized spacial score (nSPS) is 14.2. The number of fused-ring (bicyclic) bond motifs is 9. The van der Waals surface area contributed by atoms with E-state index in [1.165, 1.54) is 0 Å². The topological polar surface area (TPSA) is 43.6 Å². The summed E-state index contributed by atoms with van der Waals surface area (Å²) in [5.74, 6) is 0. The van der Waals surface area contributed by atoms with Gasteiger partial charge in [0.05, 0.1) is 17.1 Å². The van der Waals surface area contributed by atoms with Gasteiger partial charge in [0.1, 0.15) is 5.54 Å². The van der Waals surface area contributed by atoms with E-state index >= 15 is 0 Å². The van der Waals surface area contributed by atoms with Gasteiger partial charge < -0.3 is 0 Å². The Bertz CT molecular complexity index is 1930. The number of halogens is 3. The Balaban J connectivity index is 1.53. The van der Waals surface area contributed by atoms with Crippen LogP contribution < -0.4 is 0 Å². The van der Waals surface area contributed by atoms with Crippen LogP contribution in [0.5, 0.6) is 0 Å². The van der Waals surface area contributed by atoms with Gasteiger partial charge in [-0.3, -0.25) is 9.97 Å². The molecular weight excluding hydrogens is 533 g/mol. The Kier molecular flexibility index (Phi) is 5.16. The molecule has 42 heavy (non-hydrogen) atoms. The minimum atomic E-state index is -4.60. The summed E-state index contributed by atoms with van der Waals surface area (Å²) >= 11 is 0. The summed E-state index contributed by atoms with van der Waals surface area (Å²) in [7, 11) is 0. The second-order valence-electron chi connectivity index (χ2n) is 10.4. The van der Waals surface area contributed by atoms with E-state index < -0.39 is 17.4 Å². The molecule has 0 N–H and O–H groups in total. The van der Waals surface area contributed by atoms with Crippen LogP contribution in [0.25, 0.3) is 45.9 Å². The molecule has 0 fully saturated rings. The zero-order valence-corrected chi connectivity index (χ0v) is 22.0. The highest BCUT2D eigenvalue weighted by Crippen LogP contribution is 2.55. The standard InChI is InChI=1S/C35H21F3N4/c36-35(37,38)33-21-32-26-7-1-2-8-27(26)34(42(32)41-33)28-19-24(30-9-3-5-17-39-30)15-13-22(28)11-12-23-14-16-25(20-29(23)34)31-10-4-6-18-40-31/h1-21H. The van der Waals surface area contributed by atoms with Crippen LogP contribution in [0.1, 0.15) is 33.5 Å². The van der Waals surface area contributed by atoms with Gasteiger partial charge in [-0.2, -0.15) is 18.3 Å². The third-order valence-corrected chi connectivity index (χ3v) is 8.16. The molecule has 4 nitrogen and oxygen atoms in total. The van der Waals surface area contributed by atoms with Gasteiger partial charge in [-0.25, -0.2) is 4.68 Å². The number of hydrogen-bond donors (Lipinski definition) is 0. The van der Waals surface area contributed by atoms with Gasteiger partial charge in [0.15, 0.2) is 5.69 Å². The molecule has 202 valence electrons. The molecule has 0 saturated heterocycles. The van der Waals surface area contributed by atoms with Crippen molar-refractivity contribution in [2.24, 2.45) is 0 Å². The summed E-state index contributed by atoms with van der Waals surface area (Å²) in [6, 6.07) is 32.4. The van der Waals surface area contributed by atoms with Crippen LogP contribution in [-0.2, 0) is 11.7 Å². The monoisotopic (exact) mass is 554 g/mol. The van der Waals surface area contributed by atoms with E-state index in [0.717, 1.165) is 56.4 Å². The molecule has 2 aliphatic rings. The first-order valence-electron chi connectivity index (χ1n) is 13.5. The van der Waals surface area contributed by atoms with E-state index in [1.807, 2.05) is 109 Å². The van der Waals surface area contributed by atoms with Crippen molar-refractivity contribution in [2.45, 2.75) is 11.7 Å². The Morgan fingerprint density at radius 1 is 0.595 bits per heavy atom. The van der Waals surface area contributed by atoms with Crippen molar-refractivity contribution in [2.75, 3.05) is 0 Å². The van der Waals surface area contributed by atoms with Gasteiger partial charge >= 0.3 is 6.18 Å². The molecule has 1 aliphatic heterocycles. The van der Waals surface area contributed by atoms with Crippen molar-refractivity contribution in [3.05, 3.63) is 149 Å². The van der Waals surface area contributed by atoms with Crippen molar-refractivity contribution in [1.82, 2.24) is 19.7 Å². The van der Waals surface area contributed by atoms with E-state index in [-0.39, 0.29) is 0 Å². The zero-order valence-electron chi connectivity index (χ0n) is 22.0. The third kappa shape index (κ3) is 3.46. The van der Waals surface area contributed by atoms with Gasteiger partial charge in [-0.1, -0.05) is 72.8 Å². The highest BCUT2D eigenvalue weighted by molar-refractivity contribution is 5.87. The van der Waals surface area contributed by atoms with Crippen LogP contribution in [0.4, 0.5) is 13.2 Å². The van der Waals surface area contributed by atoms with E-state index in [9.17, 15) is 13.2 Å². The summed E-state index contributed by atoms with van der Waals surface area (Å²) in [5.41, 5.74) is 6.56. The lowest BCUT2D eigenvalue weighted by atomic mass is 9.74. The number of hydrogen-bond acceptors (Lipinski definition) is 3. The first kappa shape index (κ1) is 24.5. The molecule has 3 aromatic heterocycles. The fourth-order valence-electron chi connectivity index (χ4n) is 6.36. The van der Waals surface area contributed by atoms with Crippen molar-refractivity contribution >= 4 is 12.2 Å². The molecule has 0 saturated carbocycles. The molecule has 1 aliphatic carbocycles. The second kappa shape index (κ2) is 8.85. The lowest BCUT2D eigenvalue weighted by Gasteiger charge is -2.35. The minimum absolute atomic E-state index is 0.420. The number of aromatic nitrogens is 4. The van der Waals surface area contributed by atoms with Crippen LogP contribution in [0.2, 0.25) is 0 Å². The van der Waals surface area contributed by atoms with Crippen LogP contribution in [0.15, 0.2) is 116 Å². The zero-order chi connectivity index (χ0) is 28.5. The summed E-state index contributed by atoms with van der Waals surface area (Å²) in [5, 5.41) is 4.33. The minimum Gasteiger partial charge on any atom is -0.256 e.